The summed E-state index contributed by atoms with van der Waals surface area (Å²) in [6, 6.07) is 7.75. The van der Waals surface area contributed by atoms with E-state index in [2.05, 4.69) is 17.9 Å². The fraction of sp³-hybridized carbons (Fsp3) is 0.533. The number of rotatable bonds is 3. The number of carbonyl (C=O) groups is 1. The number of anilines is 1. The van der Waals surface area contributed by atoms with Gasteiger partial charge in [-0.05, 0) is 43.9 Å². The molecule has 0 unspecified atom stereocenters. The van der Waals surface area contributed by atoms with Crippen LogP contribution in [0.15, 0.2) is 24.3 Å². The Kier molecular flexibility index (Phi) is 4.24. The lowest BCUT2D eigenvalue weighted by molar-refractivity contribution is 0.0526. The van der Waals surface area contributed by atoms with E-state index in [1.807, 2.05) is 25.1 Å². The lowest BCUT2D eigenvalue weighted by atomic mass is 9.98. The van der Waals surface area contributed by atoms with E-state index in [4.69, 9.17) is 4.74 Å². The number of carbonyl (C=O) groups excluding carboxylic acids is 1. The van der Waals surface area contributed by atoms with Gasteiger partial charge in [0.1, 0.15) is 0 Å². The summed E-state index contributed by atoms with van der Waals surface area (Å²) in [6.45, 7) is 6.70. The second-order valence-corrected chi connectivity index (χ2v) is 4.94. The van der Waals surface area contributed by atoms with E-state index < -0.39 is 0 Å². The lowest BCUT2D eigenvalue weighted by Crippen LogP contribution is -2.32. The molecule has 0 aromatic heterocycles. The van der Waals surface area contributed by atoms with E-state index in [0.29, 0.717) is 12.2 Å². The predicted molar refractivity (Wildman–Crippen MR) is 73.0 cm³/mol. The van der Waals surface area contributed by atoms with Gasteiger partial charge in [0, 0.05) is 18.8 Å². The molecule has 0 amide bonds. The molecule has 98 valence electrons. The van der Waals surface area contributed by atoms with Crippen LogP contribution >= 0.6 is 0 Å². The molecule has 0 N–H and O–H groups in total. The molecule has 3 nitrogen and oxygen atoms in total. The normalized spacial score (nSPS) is 16.7. The topological polar surface area (TPSA) is 29.5 Å². The predicted octanol–water partition coefficient (Wildman–Crippen LogP) is 3.10. The number of nitrogens with zero attached hydrogens (tertiary/aromatic N) is 1. The van der Waals surface area contributed by atoms with E-state index in [-0.39, 0.29) is 5.97 Å². The third-order valence-corrected chi connectivity index (χ3v) is 3.51. The second kappa shape index (κ2) is 5.89. The Morgan fingerprint density at radius 1 is 1.39 bits per heavy atom. The molecule has 0 saturated carbocycles. The van der Waals surface area contributed by atoms with Gasteiger partial charge in [0.05, 0.1) is 12.2 Å². The average Bonchev–Trinajstić information content (AvgIpc) is 2.40. The summed E-state index contributed by atoms with van der Waals surface area (Å²) < 4.78 is 5.03. The van der Waals surface area contributed by atoms with Crippen molar-refractivity contribution in [3.05, 3.63) is 29.8 Å². The SMILES string of the molecule is CCOC(=O)c1cccc(N2CCC(C)CC2)c1. The summed E-state index contributed by atoms with van der Waals surface area (Å²) in [5.74, 6) is 0.583. The van der Waals surface area contributed by atoms with Crippen LogP contribution in [0, 0.1) is 5.92 Å². The zero-order valence-corrected chi connectivity index (χ0v) is 11.2. The first-order valence-electron chi connectivity index (χ1n) is 6.73. The van der Waals surface area contributed by atoms with Crippen molar-refractivity contribution in [2.24, 2.45) is 5.92 Å². The molecular weight excluding hydrogens is 226 g/mol. The first kappa shape index (κ1) is 12.9. The maximum absolute atomic E-state index is 11.7. The second-order valence-electron chi connectivity index (χ2n) is 4.94. The number of piperidine rings is 1. The third kappa shape index (κ3) is 3.03. The van der Waals surface area contributed by atoms with Gasteiger partial charge in [-0.2, -0.15) is 0 Å². The van der Waals surface area contributed by atoms with Gasteiger partial charge in [-0.15, -0.1) is 0 Å². The summed E-state index contributed by atoms with van der Waals surface area (Å²) >= 11 is 0. The molecule has 1 heterocycles. The molecule has 0 atom stereocenters. The monoisotopic (exact) mass is 247 g/mol. The van der Waals surface area contributed by atoms with E-state index in [1.165, 1.54) is 12.8 Å². The Morgan fingerprint density at radius 3 is 2.78 bits per heavy atom. The van der Waals surface area contributed by atoms with Crippen LogP contribution in [0.2, 0.25) is 0 Å². The maximum atomic E-state index is 11.7. The highest BCUT2D eigenvalue weighted by atomic mass is 16.5. The Balaban J connectivity index is 2.09. The van der Waals surface area contributed by atoms with E-state index in [1.54, 1.807) is 0 Å². The molecule has 1 aromatic carbocycles. The van der Waals surface area contributed by atoms with E-state index >= 15 is 0 Å². The van der Waals surface area contributed by atoms with Gasteiger partial charge in [-0.1, -0.05) is 13.0 Å². The van der Waals surface area contributed by atoms with Crippen molar-refractivity contribution in [1.82, 2.24) is 0 Å². The summed E-state index contributed by atoms with van der Waals surface area (Å²) in [7, 11) is 0. The van der Waals surface area contributed by atoms with Gasteiger partial charge < -0.3 is 9.64 Å². The Morgan fingerprint density at radius 2 is 2.11 bits per heavy atom. The summed E-state index contributed by atoms with van der Waals surface area (Å²) in [5.41, 5.74) is 1.78. The van der Waals surface area contributed by atoms with Crippen LogP contribution in [-0.2, 0) is 4.74 Å². The van der Waals surface area contributed by atoms with Crippen molar-refractivity contribution >= 4 is 11.7 Å². The first-order valence-corrected chi connectivity index (χ1v) is 6.73. The molecule has 0 bridgehead atoms. The number of ether oxygens (including phenoxy) is 1. The van der Waals surface area contributed by atoms with Gasteiger partial charge in [0.15, 0.2) is 0 Å². The number of esters is 1. The molecule has 0 aliphatic carbocycles. The molecule has 18 heavy (non-hydrogen) atoms. The van der Waals surface area contributed by atoms with E-state index in [9.17, 15) is 4.79 Å². The van der Waals surface area contributed by atoms with Gasteiger partial charge in [0.25, 0.3) is 0 Å². The molecule has 2 rings (SSSR count). The molecule has 1 aliphatic heterocycles. The molecule has 1 aromatic rings. The van der Waals surface area contributed by atoms with Crippen molar-refractivity contribution < 1.29 is 9.53 Å². The molecular formula is C15H21NO2. The molecule has 1 fully saturated rings. The van der Waals surface area contributed by atoms with Crippen LogP contribution in [0.4, 0.5) is 5.69 Å². The summed E-state index contributed by atoms with van der Waals surface area (Å²) in [6.07, 6.45) is 2.45. The minimum atomic E-state index is -0.232. The minimum Gasteiger partial charge on any atom is -0.462 e. The van der Waals surface area contributed by atoms with Crippen molar-refractivity contribution in [1.29, 1.82) is 0 Å². The van der Waals surface area contributed by atoms with Gasteiger partial charge in [-0.3, -0.25) is 0 Å². The Hall–Kier alpha value is -1.51. The quantitative estimate of drug-likeness (QED) is 0.769. The van der Waals surface area contributed by atoms with Crippen LogP contribution in [0.5, 0.6) is 0 Å². The standard InChI is InChI=1S/C15H21NO2/c1-3-18-15(17)13-5-4-6-14(11-13)16-9-7-12(2)8-10-16/h4-6,11-12H,3,7-10H2,1-2H3. The van der Waals surface area contributed by atoms with Gasteiger partial charge in [-0.25, -0.2) is 4.79 Å². The zero-order chi connectivity index (χ0) is 13.0. The first-order chi connectivity index (χ1) is 8.70. The molecule has 1 saturated heterocycles. The van der Waals surface area contributed by atoms with Crippen LogP contribution < -0.4 is 4.90 Å². The highest BCUT2D eigenvalue weighted by molar-refractivity contribution is 5.90. The molecule has 1 aliphatic rings. The van der Waals surface area contributed by atoms with Gasteiger partial charge >= 0.3 is 5.97 Å². The van der Waals surface area contributed by atoms with Crippen molar-refractivity contribution in [2.75, 3.05) is 24.6 Å². The van der Waals surface area contributed by atoms with Crippen molar-refractivity contribution in [3.63, 3.8) is 0 Å². The summed E-state index contributed by atoms with van der Waals surface area (Å²) in [4.78, 5) is 14.0. The smallest absolute Gasteiger partial charge is 0.338 e. The molecule has 0 radical (unpaired) electrons. The number of benzene rings is 1. The van der Waals surface area contributed by atoms with Crippen LogP contribution in [-0.4, -0.2) is 25.7 Å². The number of hydrogen-bond donors (Lipinski definition) is 0. The Labute approximate surface area is 109 Å². The lowest BCUT2D eigenvalue weighted by Gasteiger charge is -2.32. The van der Waals surface area contributed by atoms with Crippen LogP contribution in [0.1, 0.15) is 37.0 Å². The van der Waals surface area contributed by atoms with E-state index in [0.717, 1.165) is 24.7 Å². The van der Waals surface area contributed by atoms with Gasteiger partial charge in [0.2, 0.25) is 0 Å². The fourth-order valence-corrected chi connectivity index (χ4v) is 2.31. The minimum absolute atomic E-state index is 0.232. The summed E-state index contributed by atoms with van der Waals surface area (Å²) in [5, 5.41) is 0. The van der Waals surface area contributed by atoms with Crippen molar-refractivity contribution in [2.45, 2.75) is 26.7 Å². The van der Waals surface area contributed by atoms with Crippen molar-refractivity contribution in [3.8, 4) is 0 Å². The molecule has 0 spiro atoms. The largest absolute Gasteiger partial charge is 0.462 e. The highest BCUT2D eigenvalue weighted by Gasteiger charge is 2.17. The number of hydrogen-bond acceptors (Lipinski definition) is 3. The Bertz CT molecular complexity index is 409. The highest BCUT2D eigenvalue weighted by Crippen LogP contribution is 2.23. The third-order valence-electron chi connectivity index (χ3n) is 3.51. The van der Waals surface area contributed by atoms with Crippen LogP contribution in [0.25, 0.3) is 0 Å². The zero-order valence-electron chi connectivity index (χ0n) is 11.2. The average molecular weight is 247 g/mol. The molecule has 3 heteroatoms. The van der Waals surface area contributed by atoms with Crippen LogP contribution in [0.3, 0.4) is 0 Å². The maximum Gasteiger partial charge on any atom is 0.338 e. The fourth-order valence-electron chi connectivity index (χ4n) is 2.31.